The summed E-state index contributed by atoms with van der Waals surface area (Å²) in [5.41, 5.74) is 0. The van der Waals surface area contributed by atoms with E-state index in [2.05, 4.69) is 10.6 Å². The number of amides is 1. The van der Waals surface area contributed by atoms with Gasteiger partial charge in [-0.1, -0.05) is 11.6 Å². The Hall–Kier alpha value is -0.420. The van der Waals surface area contributed by atoms with E-state index >= 15 is 0 Å². The third-order valence-corrected chi connectivity index (χ3v) is 3.87. The van der Waals surface area contributed by atoms with Crippen molar-refractivity contribution in [2.45, 2.75) is 17.4 Å². The summed E-state index contributed by atoms with van der Waals surface area (Å²) in [5, 5.41) is 6.95. The van der Waals surface area contributed by atoms with Crippen molar-refractivity contribution >= 4 is 41.7 Å². The summed E-state index contributed by atoms with van der Waals surface area (Å²) in [6, 6.07) is 7.83. The molecule has 1 fully saturated rings. The monoisotopic (exact) mass is 306 g/mol. The summed E-state index contributed by atoms with van der Waals surface area (Å²) < 4.78 is 0. The number of nitrogens with one attached hydrogen (secondary N) is 2. The van der Waals surface area contributed by atoms with Crippen molar-refractivity contribution < 1.29 is 4.79 Å². The summed E-state index contributed by atoms with van der Waals surface area (Å²) in [5.74, 6) is 0.552. The summed E-state index contributed by atoms with van der Waals surface area (Å²) in [6.07, 6.45) is 1.03. The maximum absolute atomic E-state index is 11.7. The highest BCUT2D eigenvalue weighted by molar-refractivity contribution is 8.00. The molecule has 1 saturated heterocycles. The topological polar surface area (TPSA) is 41.1 Å². The lowest BCUT2D eigenvalue weighted by molar-refractivity contribution is -0.119. The second-order valence-corrected chi connectivity index (χ2v) is 5.49. The van der Waals surface area contributed by atoms with Crippen molar-refractivity contribution in [2.75, 3.05) is 18.8 Å². The Kier molecular flexibility index (Phi) is 6.86. The second-order valence-electron chi connectivity index (χ2n) is 4.00. The van der Waals surface area contributed by atoms with Crippen molar-refractivity contribution in [3.8, 4) is 0 Å². The van der Waals surface area contributed by atoms with Gasteiger partial charge in [0.05, 0.1) is 5.75 Å². The molecular formula is C12H16Cl2N2OS. The highest BCUT2D eigenvalue weighted by atomic mass is 35.5. The van der Waals surface area contributed by atoms with Crippen LogP contribution in [-0.2, 0) is 4.79 Å². The van der Waals surface area contributed by atoms with Crippen molar-refractivity contribution in [3.63, 3.8) is 0 Å². The first-order valence-corrected chi connectivity index (χ1v) is 6.99. The van der Waals surface area contributed by atoms with Crippen molar-refractivity contribution in [1.29, 1.82) is 0 Å². The van der Waals surface area contributed by atoms with Gasteiger partial charge in [-0.2, -0.15) is 0 Å². The number of hydrogen-bond acceptors (Lipinski definition) is 3. The molecule has 0 saturated carbocycles. The standard InChI is InChI=1S/C12H15ClN2OS.ClH/c13-9-1-3-11(4-2-9)17-8-12(16)15-10-5-6-14-7-10;/h1-4,10,14H,5-8H2,(H,15,16);1H. The van der Waals surface area contributed by atoms with Crippen LogP contribution in [0.4, 0.5) is 0 Å². The Bertz CT molecular complexity index is 380. The number of carbonyl (C=O) groups is 1. The fourth-order valence-corrected chi connectivity index (χ4v) is 2.56. The first kappa shape index (κ1) is 15.6. The van der Waals surface area contributed by atoms with Crippen LogP contribution in [-0.4, -0.2) is 30.8 Å². The number of thioether (sulfide) groups is 1. The van der Waals surface area contributed by atoms with Gasteiger partial charge in [-0.05, 0) is 37.2 Å². The molecule has 6 heteroatoms. The molecule has 0 aliphatic carbocycles. The molecule has 0 spiro atoms. The minimum absolute atomic E-state index is 0. The molecule has 2 rings (SSSR count). The van der Waals surface area contributed by atoms with Crippen LogP contribution in [0.2, 0.25) is 5.02 Å². The van der Waals surface area contributed by atoms with Gasteiger partial charge in [0, 0.05) is 22.5 Å². The molecule has 1 atom stereocenters. The molecule has 1 aromatic carbocycles. The zero-order chi connectivity index (χ0) is 12.1. The Balaban J connectivity index is 0.00000162. The van der Waals surface area contributed by atoms with E-state index in [0.717, 1.165) is 29.4 Å². The summed E-state index contributed by atoms with van der Waals surface area (Å²) >= 11 is 7.32. The molecule has 0 aromatic heterocycles. The van der Waals surface area contributed by atoms with Gasteiger partial charge in [0.2, 0.25) is 5.91 Å². The van der Waals surface area contributed by atoms with Crippen LogP contribution in [0.1, 0.15) is 6.42 Å². The predicted octanol–water partition coefficient (Wildman–Crippen LogP) is 2.33. The first-order valence-electron chi connectivity index (χ1n) is 5.62. The zero-order valence-electron chi connectivity index (χ0n) is 9.82. The van der Waals surface area contributed by atoms with Gasteiger partial charge in [0.15, 0.2) is 0 Å². The molecule has 1 aliphatic heterocycles. The van der Waals surface area contributed by atoms with Crippen LogP contribution in [0.3, 0.4) is 0 Å². The molecule has 100 valence electrons. The van der Waals surface area contributed by atoms with E-state index in [1.165, 1.54) is 11.8 Å². The van der Waals surface area contributed by atoms with E-state index in [4.69, 9.17) is 11.6 Å². The fourth-order valence-electron chi connectivity index (χ4n) is 1.73. The Morgan fingerprint density at radius 2 is 2.17 bits per heavy atom. The highest BCUT2D eigenvalue weighted by Crippen LogP contribution is 2.19. The van der Waals surface area contributed by atoms with Crippen LogP contribution >= 0.6 is 35.8 Å². The van der Waals surface area contributed by atoms with Crippen LogP contribution in [0.15, 0.2) is 29.2 Å². The maximum Gasteiger partial charge on any atom is 0.230 e. The Morgan fingerprint density at radius 1 is 1.44 bits per heavy atom. The molecule has 1 amide bonds. The number of carbonyl (C=O) groups excluding carboxylic acids is 1. The van der Waals surface area contributed by atoms with Crippen LogP contribution in [0.5, 0.6) is 0 Å². The molecule has 1 aliphatic rings. The smallest absolute Gasteiger partial charge is 0.230 e. The molecule has 0 bridgehead atoms. The van der Waals surface area contributed by atoms with Crippen molar-refractivity contribution in [1.82, 2.24) is 10.6 Å². The van der Waals surface area contributed by atoms with Crippen LogP contribution in [0.25, 0.3) is 0 Å². The zero-order valence-corrected chi connectivity index (χ0v) is 12.2. The van der Waals surface area contributed by atoms with E-state index in [-0.39, 0.29) is 18.3 Å². The summed E-state index contributed by atoms with van der Waals surface area (Å²) in [6.45, 7) is 1.88. The summed E-state index contributed by atoms with van der Waals surface area (Å²) in [7, 11) is 0. The molecule has 0 radical (unpaired) electrons. The molecule has 2 N–H and O–H groups in total. The molecular weight excluding hydrogens is 291 g/mol. The lowest BCUT2D eigenvalue weighted by Crippen LogP contribution is -2.37. The van der Waals surface area contributed by atoms with E-state index < -0.39 is 0 Å². The number of hydrogen-bond donors (Lipinski definition) is 2. The molecule has 18 heavy (non-hydrogen) atoms. The SMILES string of the molecule is Cl.O=C(CSc1ccc(Cl)cc1)NC1CCNC1. The average molecular weight is 307 g/mol. The normalized spacial score (nSPS) is 18.2. The van der Waals surface area contributed by atoms with Crippen LogP contribution < -0.4 is 10.6 Å². The molecule has 1 heterocycles. The van der Waals surface area contributed by atoms with Gasteiger partial charge in [0.25, 0.3) is 0 Å². The number of benzene rings is 1. The molecule has 3 nitrogen and oxygen atoms in total. The third kappa shape index (κ3) is 5.06. The van der Waals surface area contributed by atoms with Gasteiger partial charge in [-0.15, -0.1) is 24.2 Å². The quantitative estimate of drug-likeness (QED) is 0.839. The van der Waals surface area contributed by atoms with Gasteiger partial charge in [-0.3, -0.25) is 4.79 Å². The van der Waals surface area contributed by atoms with E-state index in [0.29, 0.717) is 11.8 Å². The van der Waals surface area contributed by atoms with Gasteiger partial charge in [0.1, 0.15) is 0 Å². The van der Waals surface area contributed by atoms with Crippen molar-refractivity contribution in [2.24, 2.45) is 0 Å². The molecule has 1 aromatic rings. The fraction of sp³-hybridized carbons (Fsp3) is 0.417. The van der Waals surface area contributed by atoms with Gasteiger partial charge in [-0.25, -0.2) is 0 Å². The van der Waals surface area contributed by atoms with E-state index in [1.807, 2.05) is 24.3 Å². The van der Waals surface area contributed by atoms with E-state index in [9.17, 15) is 4.79 Å². The largest absolute Gasteiger partial charge is 0.351 e. The lowest BCUT2D eigenvalue weighted by Gasteiger charge is -2.10. The Labute approximate surface area is 122 Å². The maximum atomic E-state index is 11.7. The number of rotatable bonds is 4. The van der Waals surface area contributed by atoms with Crippen molar-refractivity contribution in [3.05, 3.63) is 29.3 Å². The highest BCUT2D eigenvalue weighted by Gasteiger charge is 2.16. The van der Waals surface area contributed by atoms with Gasteiger partial charge >= 0.3 is 0 Å². The second kappa shape index (κ2) is 7.89. The first-order chi connectivity index (χ1) is 8.24. The average Bonchev–Trinajstić information content (AvgIpc) is 2.81. The van der Waals surface area contributed by atoms with Gasteiger partial charge < -0.3 is 10.6 Å². The minimum atomic E-state index is 0. The number of halogens is 2. The minimum Gasteiger partial charge on any atom is -0.351 e. The Morgan fingerprint density at radius 3 is 2.78 bits per heavy atom. The lowest BCUT2D eigenvalue weighted by atomic mass is 10.3. The molecule has 1 unspecified atom stereocenters. The third-order valence-electron chi connectivity index (χ3n) is 2.61. The predicted molar refractivity (Wildman–Crippen MR) is 78.8 cm³/mol. The summed E-state index contributed by atoms with van der Waals surface area (Å²) in [4.78, 5) is 12.7. The van der Waals surface area contributed by atoms with E-state index in [1.54, 1.807) is 0 Å². The van der Waals surface area contributed by atoms with Crippen LogP contribution in [0, 0.1) is 0 Å².